The number of hydrogen-bond donors (Lipinski definition) is 2. The lowest BCUT2D eigenvalue weighted by molar-refractivity contribution is -0.134. The molecule has 0 saturated carbocycles. The van der Waals surface area contributed by atoms with Crippen LogP contribution < -0.4 is 5.48 Å². The first-order valence-corrected chi connectivity index (χ1v) is 9.48. The van der Waals surface area contributed by atoms with Gasteiger partial charge < -0.3 is 4.90 Å². The molecule has 0 aliphatic carbocycles. The van der Waals surface area contributed by atoms with Crippen LogP contribution in [-0.2, 0) is 17.8 Å². The fourth-order valence-corrected chi connectivity index (χ4v) is 5.15. The number of nitrogens with zero attached hydrogens (tertiary/aromatic N) is 3. The molecule has 7 nitrogen and oxygen atoms in total. The van der Waals surface area contributed by atoms with Crippen LogP contribution in [0.5, 0.6) is 0 Å². The molecule has 2 unspecified atom stereocenters. The Bertz CT molecular complexity index is 709. The number of piperidine rings is 1. The zero-order valence-electron chi connectivity index (χ0n) is 15.1. The lowest BCUT2D eigenvalue weighted by atomic mass is 9.89. The van der Waals surface area contributed by atoms with Crippen LogP contribution in [0.2, 0.25) is 0 Å². The van der Waals surface area contributed by atoms with E-state index < -0.39 is 5.91 Å². The number of nitrogens with one attached hydrogen (secondary N) is 1. The van der Waals surface area contributed by atoms with Crippen LogP contribution in [0, 0.1) is 5.92 Å². The number of carbonyl (C=O) groups is 2. The molecule has 1 aromatic rings. The van der Waals surface area contributed by atoms with E-state index >= 15 is 0 Å². The summed E-state index contributed by atoms with van der Waals surface area (Å²) >= 11 is 0. The molecule has 3 aliphatic rings. The van der Waals surface area contributed by atoms with E-state index in [1.807, 2.05) is 6.07 Å². The van der Waals surface area contributed by atoms with Crippen LogP contribution in [0.25, 0.3) is 0 Å². The molecule has 0 spiro atoms. The number of rotatable bonds is 3. The molecule has 2 fully saturated rings. The van der Waals surface area contributed by atoms with Crippen molar-refractivity contribution in [3.8, 4) is 0 Å². The normalized spacial score (nSPS) is 27.9. The van der Waals surface area contributed by atoms with Crippen molar-refractivity contribution >= 4 is 11.8 Å². The van der Waals surface area contributed by atoms with Gasteiger partial charge in [-0.25, -0.2) is 5.48 Å². The Balaban J connectivity index is 1.41. The van der Waals surface area contributed by atoms with Crippen molar-refractivity contribution in [2.75, 3.05) is 13.1 Å². The third-order valence-electron chi connectivity index (χ3n) is 6.19. The van der Waals surface area contributed by atoms with E-state index in [2.05, 4.69) is 14.8 Å². The summed E-state index contributed by atoms with van der Waals surface area (Å²) in [6.45, 7) is 4.50. The summed E-state index contributed by atoms with van der Waals surface area (Å²) in [5.41, 5.74) is 4.17. The lowest BCUT2D eigenvalue weighted by Crippen LogP contribution is -2.48. The molecule has 4 rings (SSSR count). The molecular formula is C19H26N4O3. The molecule has 3 aliphatic heterocycles. The van der Waals surface area contributed by atoms with Crippen LogP contribution >= 0.6 is 0 Å². The van der Waals surface area contributed by atoms with E-state index in [4.69, 9.17) is 5.21 Å². The molecule has 1 aromatic heterocycles. The molecule has 0 aromatic carbocycles. The molecule has 7 heteroatoms. The standard InChI is InChI=1S/C19H26N4O3/c1-12(24)23-16-2-3-17(23)7-13(6-16)10-22-5-4-18-15(11-22)8-14(9-20-18)19(25)21-26/h8-9,13,16-17,26H,2-7,10-11H2,1H3,(H,21,25). The highest BCUT2D eigenvalue weighted by Crippen LogP contribution is 2.39. The van der Waals surface area contributed by atoms with Crippen molar-refractivity contribution in [3.05, 3.63) is 29.1 Å². The van der Waals surface area contributed by atoms with Crippen molar-refractivity contribution in [1.82, 2.24) is 20.3 Å². The molecule has 2 saturated heterocycles. The maximum Gasteiger partial charge on any atom is 0.276 e. The van der Waals surface area contributed by atoms with Crippen LogP contribution in [0.4, 0.5) is 0 Å². The first-order valence-electron chi connectivity index (χ1n) is 9.48. The van der Waals surface area contributed by atoms with Gasteiger partial charge in [-0.3, -0.25) is 24.7 Å². The van der Waals surface area contributed by atoms with Gasteiger partial charge in [0.25, 0.3) is 5.91 Å². The van der Waals surface area contributed by atoms with Gasteiger partial charge in [-0.1, -0.05) is 0 Å². The summed E-state index contributed by atoms with van der Waals surface area (Å²) in [6.07, 6.45) is 6.90. The largest absolute Gasteiger partial charge is 0.337 e. The number of amides is 2. The molecule has 2 N–H and O–H groups in total. The smallest absolute Gasteiger partial charge is 0.276 e. The zero-order chi connectivity index (χ0) is 18.3. The van der Waals surface area contributed by atoms with Crippen molar-refractivity contribution in [2.45, 2.75) is 57.7 Å². The summed E-state index contributed by atoms with van der Waals surface area (Å²) in [6, 6.07) is 2.69. The quantitative estimate of drug-likeness (QED) is 0.629. The Morgan fingerprint density at radius 1 is 1.31 bits per heavy atom. The third kappa shape index (κ3) is 3.21. The number of hydroxylamine groups is 1. The summed E-state index contributed by atoms with van der Waals surface area (Å²) in [5, 5.41) is 8.81. The van der Waals surface area contributed by atoms with Crippen LogP contribution in [0.15, 0.2) is 12.3 Å². The van der Waals surface area contributed by atoms with Gasteiger partial charge in [-0.2, -0.15) is 0 Å². The summed E-state index contributed by atoms with van der Waals surface area (Å²) in [7, 11) is 0. The number of pyridine rings is 1. The Morgan fingerprint density at radius 3 is 2.69 bits per heavy atom. The molecule has 2 atom stereocenters. The Hall–Kier alpha value is -1.99. The predicted octanol–water partition coefficient (Wildman–Crippen LogP) is 1.35. The number of carbonyl (C=O) groups excluding carboxylic acids is 2. The lowest BCUT2D eigenvalue weighted by Gasteiger charge is -2.41. The molecule has 2 bridgehead atoms. The second-order valence-electron chi connectivity index (χ2n) is 7.90. The van der Waals surface area contributed by atoms with Crippen molar-refractivity contribution in [3.63, 3.8) is 0 Å². The summed E-state index contributed by atoms with van der Waals surface area (Å²) < 4.78 is 0. The number of fused-ring (bicyclic) bond motifs is 3. The van der Waals surface area contributed by atoms with E-state index in [1.165, 1.54) is 6.20 Å². The number of aromatic nitrogens is 1. The molecule has 26 heavy (non-hydrogen) atoms. The van der Waals surface area contributed by atoms with Gasteiger partial charge in [-0.15, -0.1) is 0 Å². The SMILES string of the molecule is CC(=O)N1C2CCC1CC(CN1CCc3ncc(C(=O)NO)cc3C1)C2. The number of hydrogen-bond acceptors (Lipinski definition) is 5. The monoisotopic (exact) mass is 358 g/mol. The minimum atomic E-state index is -0.523. The maximum absolute atomic E-state index is 11.9. The summed E-state index contributed by atoms with van der Waals surface area (Å²) in [5.74, 6) is 0.329. The fraction of sp³-hybridized carbons (Fsp3) is 0.632. The van der Waals surface area contributed by atoms with E-state index in [1.54, 1.807) is 12.4 Å². The van der Waals surface area contributed by atoms with Gasteiger partial charge in [0.1, 0.15) is 0 Å². The van der Waals surface area contributed by atoms with Gasteiger partial charge in [-0.05, 0) is 43.2 Å². The van der Waals surface area contributed by atoms with Crippen LogP contribution in [0.3, 0.4) is 0 Å². The van der Waals surface area contributed by atoms with Crippen LogP contribution in [0.1, 0.15) is 54.2 Å². The second kappa shape index (κ2) is 6.96. The third-order valence-corrected chi connectivity index (χ3v) is 6.19. The van der Waals surface area contributed by atoms with Crippen LogP contribution in [-0.4, -0.2) is 57.0 Å². The zero-order valence-corrected chi connectivity index (χ0v) is 15.1. The minimum Gasteiger partial charge on any atom is -0.337 e. The van der Waals surface area contributed by atoms with Gasteiger partial charge in [0.05, 0.1) is 5.56 Å². The highest BCUT2D eigenvalue weighted by molar-refractivity contribution is 5.93. The molecular weight excluding hydrogens is 332 g/mol. The van der Waals surface area contributed by atoms with Crippen molar-refractivity contribution in [1.29, 1.82) is 0 Å². The molecule has 2 amide bonds. The van der Waals surface area contributed by atoms with E-state index in [0.29, 0.717) is 23.6 Å². The summed E-state index contributed by atoms with van der Waals surface area (Å²) in [4.78, 5) is 32.4. The highest BCUT2D eigenvalue weighted by atomic mass is 16.5. The van der Waals surface area contributed by atoms with Gasteiger partial charge in [0, 0.05) is 57.0 Å². The second-order valence-corrected chi connectivity index (χ2v) is 7.90. The van der Waals surface area contributed by atoms with Crippen molar-refractivity contribution < 1.29 is 14.8 Å². The van der Waals surface area contributed by atoms with Crippen molar-refractivity contribution in [2.24, 2.45) is 5.92 Å². The predicted molar refractivity (Wildman–Crippen MR) is 94.5 cm³/mol. The Kier molecular flexibility index (Phi) is 4.67. The molecule has 0 radical (unpaired) electrons. The average Bonchev–Trinajstić information content (AvgIpc) is 2.92. The molecule has 140 valence electrons. The van der Waals surface area contributed by atoms with E-state index in [-0.39, 0.29) is 5.91 Å². The Labute approximate surface area is 153 Å². The topological polar surface area (TPSA) is 85.8 Å². The van der Waals surface area contributed by atoms with E-state index in [9.17, 15) is 9.59 Å². The highest BCUT2D eigenvalue weighted by Gasteiger charge is 2.42. The van der Waals surface area contributed by atoms with Gasteiger partial charge >= 0.3 is 0 Å². The van der Waals surface area contributed by atoms with Gasteiger partial charge in [0.15, 0.2) is 0 Å². The van der Waals surface area contributed by atoms with Gasteiger partial charge in [0.2, 0.25) is 5.91 Å². The first kappa shape index (κ1) is 17.4. The molecule has 4 heterocycles. The average molecular weight is 358 g/mol. The van der Waals surface area contributed by atoms with E-state index in [0.717, 1.165) is 63.0 Å². The maximum atomic E-state index is 11.9. The Morgan fingerprint density at radius 2 is 2.04 bits per heavy atom. The first-order chi connectivity index (χ1) is 12.5. The minimum absolute atomic E-state index is 0.226. The fourth-order valence-electron chi connectivity index (χ4n) is 5.15.